The van der Waals surface area contributed by atoms with Crippen molar-refractivity contribution in [3.63, 3.8) is 0 Å². The van der Waals surface area contributed by atoms with Crippen molar-refractivity contribution in [1.82, 2.24) is 19.6 Å². The summed E-state index contributed by atoms with van der Waals surface area (Å²) >= 11 is 0. The minimum Gasteiger partial charge on any atom is -0.357 e. The molecule has 0 radical (unpaired) electrons. The van der Waals surface area contributed by atoms with E-state index in [4.69, 9.17) is 9.47 Å². The van der Waals surface area contributed by atoms with E-state index in [2.05, 4.69) is 10.2 Å². The molecular formula is C24H26N6O6. The van der Waals surface area contributed by atoms with Gasteiger partial charge < -0.3 is 9.47 Å². The van der Waals surface area contributed by atoms with Crippen molar-refractivity contribution in [2.24, 2.45) is 0 Å². The Morgan fingerprint density at radius 1 is 0.833 bits per heavy atom. The predicted molar refractivity (Wildman–Crippen MR) is 130 cm³/mol. The Kier molecular flexibility index (Phi) is 6.87. The van der Waals surface area contributed by atoms with Crippen molar-refractivity contribution < 1.29 is 19.3 Å². The molecule has 2 saturated heterocycles. The minimum absolute atomic E-state index is 0.0919. The number of nitro groups is 2. The first kappa shape index (κ1) is 23.8. The molecule has 2 aromatic heterocycles. The van der Waals surface area contributed by atoms with Gasteiger partial charge in [0.1, 0.15) is 6.23 Å². The Bertz CT molecular complexity index is 1360. The number of benzene rings is 2. The van der Waals surface area contributed by atoms with Crippen LogP contribution in [0.15, 0.2) is 48.8 Å². The van der Waals surface area contributed by atoms with E-state index in [1.54, 1.807) is 40.0 Å². The maximum Gasteiger partial charge on any atom is 0.280 e. The number of non-ortho nitro benzene ring substituents is 2. The summed E-state index contributed by atoms with van der Waals surface area (Å²) in [6, 6.07) is 9.95. The van der Waals surface area contributed by atoms with Crippen molar-refractivity contribution in [2.75, 3.05) is 13.2 Å². The number of hydrogen-bond acceptors (Lipinski definition) is 8. The molecule has 2 unspecified atom stereocenters. The molecule has 0 spiro atoms. The van der Waals surface area contributed by atoms with Crippen LogP contribution in [0.3, 0.4) is 0 Å². The molecule has 0 saturated carbocycles. The molecule has 2 atom stereocenters. The van der Waals surface area contributed by atoms with E-state index < -0.39 is 0 Å². The van der Waals surface area contributed by atoms with Crippen molar-refractivity contribution in [2.45, 2.75) is 51.0 Å². The third-order valence-electron chi connectivity index (χ3n) is 6.44. The van der Waals surface area contributed by atoms with Crippen LogP contribution in [0.1, 0.15) is 51.0 Å². The van der Waals surface area contributed by atoms with Gasteiger partial charge in [-0.25, -0.2) is 9.36 Å². The number of fused-ring (bicyclic) bond motifs is 2. The highest BCUT2D eigenvalue weighted by Crippen LogP contribution is 2.31. The van der Waals surface area contributed by atoms with E-state index in [0.29, 0.717) is 16.3 Å². The largest absolute Gasteiger partial charge is 0.357 e. The molecule has 4 heterocycles. The van der Waals surface area contributed by atoms with Gasteiger partial charge in [0, 0.05) is 31.5 Å². The molecule has 0 aliphatic carbocycles. The standard InChI is InChI=1S/2C12H13N3O3/c16-15(17)11-5-3-4-10-9(11)8-14(13-10)12-6-1-2-7-18-12;16-15(17)11-5-3-4-10-9(11)8-13-14(10)12-6-1-2-7-18-12/h2*3-5,8,12H,1-2,6-7H2. The average molecular weight is 495 g/mol. The molecule has 6 rings (SSSR count). The number of nitrogens with zero attached hydrogens (tertiary/aromatic N) is 6. The van der Waals surface area contributed by atoms with Gasteiger partial charge in [0.25, 0.3) is 11.4 Å². The fourth-order valence-electron chi connectivity index (χ4n) is 4.65. The summed E-state index contributed by atoms with van der Waals surface area (Å²) in [4.78, 5) is 21.1. The van der Waals surface area contributed by atoms with Gasteiger partial charge in [-0.3, -0.25) is 20.2 Å². The predicted octanol–water partition coefficient (Wildman–Crippen LogP) is 5.29. The van der Waals surface area contributed by atoms with Crippen LogP contribution in [-0.2, 0) is 9.47 Å². The molecule has 188 valence electrons. The fourth-order valence-corrected chi connectivity index (χ4v) is 4.65. The zero-order chi connectivity index (χ0) is 25.1. The van der Waals surface area contributed by atoms with Crippen LogP contribution in [-0.4, -0.2) is 42.6 Å². The van der Waals surface area contributed by atoms with E-state index in [-0.39, 0.29) is 33.7 Å². The molecule has 36 heavy (non-hydrogen) atoms. The lowest BCUT2D eigenvalue weighted by Gasteiger charge is -2.23. The zero-order valence-corrected chi connectivity index (χ0v) is 19.6. The van der Waals surface area contributed by atoms with Gasteiger partial charge in [0.2, 0.25) is 0 Å². The number of hydrogen-bond donors (Lipinski definition) is 0. The molecule has 2 aliphatic rings. The van der Waals surface area contributed by atoms with Gasteiger partial charge in [-0.05, 0) is 50.7 Å². The molecule has 4 aromatic rings. The van der Waals surface area contributed by atoms with Crippen LogP contribution >= 0.6 is 0 Å². The molecule has 0 amide bonds. The molecule has 12 heteroatoms. The maximum atomic E-state index is 10.9. The molecule has 0 N–H and O–H groups in total. The monoisotopic (exact) mass is 494 g/mol. The second-order valence-electron chi connectivity index (χ2n) is 8.77. The summed E-state index contributed by atoms with van der Waals surface area (Å²) in [5.74, 6) is 0. The number of nitro benzene ring substituents is 2. The van der Waals surface area contributed by atoms with Crippen LogP contribution in [0.4, 0.5) is 11.4 Å². The second-order valence-corrected chi connectivity index (χ2v) is 8.77. The lowest BCUT2D eigenvalue weighted by Crippen LogP contribution is -2.18. The normalized spacial score (nSPS) is 20.1. The Morgan fingerprint density at radius 2 is 1.47 bits per heavy atom. The van der Waals surface area contributed by atoms with Crippen LogP contribution in [0, 0.1) is 20.2 Å². The molecule has 2 aromatic carbocycles. The summed E-state index contributed by atoms with van der Waals surface area (Å²) in [6.45, 7) is 1.45. The Morgan fingerprint density at radius 3 is 2.11 bits per heavy atom. The quantitative estimate of drug-likeness (QED) is 0.275. The van der Waals surface area contributed by atoms with Crippen molar-refractivity contribution >= 4 is 33.2 Å². The highest BCUT2D eigenvalue weighted by molar-refractivity contribution is 5.88. The van der Waals surface area contributed by atoms with Gasteiger partial charge in [-0.2, -0.15) is 10.2 Å². The van der Waals surface area contributed by atoms with Crippen molar-refractivity contribution in [1.29, 1.82) is 0 Å². The van der Waals surface area contributed by atoms with E-state index in [1.807, 2.05) is 6.07 Å². The van der Waals surface area contributed by atoms with Crippen LogP contribution in [0.2, 0.25) is 0 Å². The molecule has 2 fully saturated rings. The van der Waals surface area contributed by atoms with Gasteiger partial charge in [-0.15, -0.1) is 0 Å². The molecule has 0 bridgehead atoms. The first-order chi connectivity index (χ1) is 17.5. The number of ether oxygens (including phenoxy) is 2. The topological polar surface area (TPSA) is 140 Å². The lowest BCUT2D eigenvalue weighted by molar-refractivity contribution is -0.383. The highest BCUT2D eigenvalue weighted by atomic mass is 16.6. The van der Waals surface area contributed by atoms with Gasteiger partial charge >= 0.3 is 0 Å². The van der Waals surface area contributed by atoms with Crippen molar-refractivity contribution in [3.8, 4) is 0 Å². The van der Waals surface area contributed by atoms with E-state index >= 15 is 0 Å². The zero-order valence-electron chi connectivity index (χ0n) is 19.6. The summed E-state index contributed by atoms with van der Waals surface area (Å²) < 4.78 is 14.7. The third-order valence-corrected chi connectivity index (χ3v) is 6.44. The summed E-state index contributed by atoms with van der Waals surface area (Å²) in [7, 11) is 0. The smallest absolute Gasteiger partial charge is 0.280 e. The molecular weight excluding hydrogens is 468 g/mol. The lowest BCUT2D eigenvalue weighted by atomic mass is 10.2. The average Bonchev–Trinajstić information content (AvgIpc) is 3.54. The van der Waals surface area contributed by atoms with Crippen LogP contribution < -0.4 is 0 Å². The van der Waals surface area contributed by atoms with Crippen LogP contribution in [0.5, 0.6) is 0 Å². The van der Waals surface area contributed by atoms with E-state index in [0.717, 1.165) is 57.3 Å². The second kappa shape index (κ2) is 10.4. The first-order valence-electron chi connectivity index (χ1n) is 12.0. The van der Waals surface area contributed by atoms with Gasteiger partial charge in [0.15, 0.2) is 6.23 Å². The Labute approximate surface area is 205 Å². The van der Waals surface area contributed by atoms with Gasteiger partial charge in [-0.1, -0.05) is 12.1 Å². The maximum absolute atomic E-state index is 10.9. The van der Waals surface area contributed by atoms with Gasteiger partial charge in [0.05, 0.1) is 37.8 Å². The highest BCUT2D eigenvalue weighted by Gasteiger charge is 2.22. The summed E-state index contributed by atoms with van der Waals surface area (Å²) in [6.07, 6.45) is 9.21. The first-order valence-corrected chi connectivity index (χ1v) is 12.0. The Hall–Kier alpha value is -3.90. The van der Waals surface area contributed by atoms with Crippen molar-refractivity contribution in [3.05, 3.63) is 69.0 Å². The molecule has 12 nitrogen and oxygen atoms in total. The minimum atomic E-state index is -0.379. The fraction of sp³-hybridized carbons (Fsp3) is 0.417. The van der Waals surface area contributed by atoms with E-state index in [1.165, 1.54) is 12.1 Å². The number of aromatic nitrogens is 4. The Balaban J connectivity index is 0.000000148. The summed E-state index contributed by atoms with van der Waals surface area (Å²) in [5, 5.41) is 31.6. The third kappa shape index (κ3) is 4.77. The molecule has 2 aliphatic heterocycles. The number of rotatable bonds is 4. The SMILES string of the molecule is O=[N+]([O-])c1cccc2c1cnn2C1CCCCO1.O=[N+]([O-])c1cccc2nn(C3CCCCO3)cc12. The van der Waals surface area contributed by atoms with Crippen LogP contribution in [0.25, 0.3) is 21.8 Å². The van der Waals surface area contributed by atoms with E-state index in [9.17, 15) is 20.2 Å². The summed E-state index contributed by atoms with van der Waals surface area (Å²) in [5.41, 5.74) is 1.58.